The zero-order chi connectivity index (χ0) is 12.1. The van der Waals surface area contributed by atoms with E-state index >= 15 is 0 Å². The molecule has 0 atom stereocenters. The van der Waals surface area contributed by atoms with Crippen LogP contribution >= 0.6 is 0 Å². The lowest BCUT2D eigenvalue weighted by Gasteiger charge is -1.82. The number of nitrogens with zero attached hydrogens (tertiary/aromatic N) is 1. The summed E-state index contributed by atoms with van der Waals surface area (Å²) in [6.45, 7) is 11.7. The molecule has 0 aromatic rings. The van der Waals surface area contributed by atoms with Gasteiger partial charge in [0.1, 0.15) is 0 Å². The number of hydrogen-bond acceptors (Lipinski definition) is 1. The average Bonchev–Trinajstić information content (AvgIpc) is 2.19. The number of rotatable bonds is 3. The molecular weight excluding hydrogens is 182 g/mol. The summed E-state index contributed by atoms with van der Waals surface area (Å²) >= 11 is 0. The largest absolute Gasteiger partial charge is 0.192 e. The van der Waals surface area contributed by atoms with Crippen molar-refractivity contribution >= 4 is 0 Å². The summed E-state index contributed by atoms with van der Waals surface area (Å²) in [6.07, 6.45) is 10.4. The maximum absolute atomic E-state index is 8.52. The highest BCUT2D eigenvalue weighted by atomic mass is 14.2. The van der Waals surface area contributed by atoms with E-state index in [1.807, 2.05) is 32.1 Å². The van der Waals surface area contributed by atoms with Crippen molar-refractivity contribution in [3.05, 3.63) is 48.1 Å². The summed E-state index contributed by atoms with van der Waals surface area (Å²) in [4.78, 5) is 0. The number of allylic oxidation sites excluding steroid dienone is 7. The topological polar surface area (TPSA) is 23.8 Å². The van der Waals surface area contributed by atoms with Gasteiger partial charge in [0.25, 0.3) is 0 Å². The second-order valence-electron chi connectivity index (χ2n) is 3.13. The highest BCUT2D eigenvalue weighted by Crippen LogP contribution is 1.95. The van der Waals surface area contributed by atoms with Gasteiger partial charge in [-0.3, -0.25) is 0 Å². The van der Waals surface area contributed by atoms with Gasteiger partial charge in [0, 0.05) is 5.57 Å². The fraction of sp³-hybridized carbons (Fsp3) is 0.357. The Morgan fingerprint density at radius 2 is 1.73 bits per heavy atom. The summed E-state index contributed by atoms with van der Waals surface area (Å²) in [7, 11) is 0. The van der Waals surface area contributed by atoms with Gasteiger partial charge in [0.15, 0.2) is 0 Å². The molecule has 0 fully saturated rings. The van der Waals surface area contributed by atoms with Crippen molar-refractivity contribution in [1.82, 2.24) is 0 Å². The highest BCUT2D eigenvalue weighted by molar-refractivity contribution is 5.34. The van der Waals surface area contributed by atoms with Crippen molar-refractivity contribution in [2.24, 2.45) is 0 Å². The van der Waals surface area contributed by atoms with Crippen LogP contribution in [0.2, 0.25) is 0 Å². The van der Waals surface area contributed by atoms with Gasteiger partial charge in [-0.2, -0.15) is 5.26 Å². The third kappa shape index (κ3) is 15.2. The summed E-state index contributed by atoms with van der Waals surface area (Å²) in [5.74, 6) is 0. The summed E-state index contributed by atoms with van der Waals surface area (Å²) in [5, 5.41) is 8.52. The molecule has 0 N–H and O–H groups in total. The predicted molar refractivity (Wildman–Crippen MR) is 68.4 cm³/mol. The van der Waals surface area contributed by atoms with E-state index in [9.17, 15) is 0 Å². The molecule has 0 amide bonds. The molecule has 82 valence electrons. The molecule has 0 unspecified atom stereocenters. The first-order valence-corrected chi connectivity index (χ1v) is 5.18. The molecule has 0 radical (unpaired) electrons. The van der Waals surface area contributed by atoms with E-state index in [1.165, 1.54) is 6.42 Å². The Hall–Kier alpha value is -1.55. The first-order chi connectivity index (χ1) is 7.12. The molecule has 0 saturated carbocycles. The van der Waals surface area contributed by atoms with E-state index in [2.05, 4.69) is 26.5 Å². The molecule has 0 aromatic carbocycles. The van der Waals surface area contributed by atoms with E-state index in [4.69, 9.17) is 5.26 Å². The van der Waals surface area contributed by atoms with Crippen molar-refractivity contribution in [3.63, 3.8) is 0 Å². The van der Waals surface area contributed by atoms with E-state index in [-0.39, 0.29) is 0 Å². The first-order valence-electron chi connectivity index (χ1n) is 5.18. The van der Waals surface area contributed by atoms with Gasteiger partial charge >= 0.3 is 0 Å². The van der Waals surface area contributed by atoms with Crippen LogP contribution in [0.25, 0.3) is 0 Å². The average molecular weight is 203 g/mol. The Labute approximate surface area is 94.1 Å². The maximum atomic E-state index is 8.52. The normalized spacial score (nSPS) is 11.0. The highest BCUT2D eigenvalue weighted by Gasteiger charge is 1.80. The van der Waals surface area contributed by atoms with Crippen LogP contribution in [0.1, 0.15) is 34.1 Å². The van der Waals surface area contributed by atoms with Crippen molar-refractivity contribution in [3.8, 4) is 6.07 Å². The fourth-order valence-corrected chi connectivity index (χ4v) is 0.577. The molecular formula is C14H21N. The van der Waals surface area contributed by atoms with Gasteiger partial charge in [0.2, 0.25) is 0 Å². The van der Waals surface area contributed by atoms with Crippen molar-refractivity contribution in [2.75, 3.05) is 0 Å². The molecule has 0 rings (SSSR count). The minimum absolute atomic E-state index is 0.668. The Balaban J connectivity index is 0. The molecule has 0 spiro atoms. The molecule has 0 bridgehead atoms. The molecule has 1 nitrogen and oxygen atoms in total. The minimum atomic E-state index is 0.668. The standard InChI is InChI=1S/C11H13N.C3H8/c1-4-11(9-12)8-6-5-7-10(2)3;1-3-2/h4-8H,2H2,1,3H3;3H2,1-2H3/b7-5+,8-6+,11-4-;. The smallest absolute Gasteiger partial charge is 0.0988 e. The summed E-state index contributed by atoms with van der Waals surface area (Å²) < 4.78 is 0. The molecule has 0 aliphatic heterocycles. The molecule has 0 aliphatic rings. The monoisotopic (exact) mass is 203 g/mol. The van der Waals surface area contributed by atoms with Crippen LogP contribution in [0.3, 0.4) is 0 Å². The molecule has 0 aromatic heterocycles. The quantitative estimate of drug-likeness (QED) is 0.487. The van der Waals surface area contributed by atoms with Gasteiger partial charge in [0.05, 0.1) is 6.07 Å². The van der Waals surface area contributed by atoms with Crippen LogP contribution in [0.15, 0.2) is 48.1 Å². The van der Waals surface area contributed by atoms with Crippen molar-refractivity contribution in [2.45, 2.75) is 34.1 Å². The molecule has 0 aliphatic carbocycles. The van der Waals surface area contributed by atoms with Crippen LogP contribution in [-0.2, 0) is 0 Å². The molecule has 0 heterocycles. The third-order valence-corrected chi connectivity index (χ3v) is 1.21. The van der Waals surface area contributed by atoms with Crippen LogP contribution < -0.4 is 0 Å². The number of hydrogen-bond donors (Lipinski definition) is 0. The Bertz CT molecular complexity index is 285. The lowest BCUT2D eigenvalue weighted by atomic mass is 10.2. The molecule has 15 heavy (non-hydrogen) atoms. The Morgan fingerprint density at radius 1 is 1.27 bits per heavy atom. The van der Waals surface area contributed by atoms with Gasteiger partial charge in [-0.25, -0.2) is 0 Å². The zero-order valence-corrected chi connectivity index (χ0v) is 10.2. The lowest BCUT2D eigenvalue weighted by molar-refractivity contribution is 1.09. The van der Waals surface area contributed by atoms with Gasteiger partial charge in [-0.05, 0) is 19.9 Å². The fourth-order valence-electron chi connectivity index (χ4n) is 0.577. The van der Waals surface area contributed by atoms with Crippen molar-refractivity contribution in [1.29, 1.82) is 5.26 Å². The van der Waals surface area contributed by atoms with Crippen LogP contribution in [0, 0.1) is 11.3 Å². The van der Waals surface area contributed by atoms with Gasteiger partial charge in [-0.1, -0.05) is 56.7 Å². The zero-order valence-electron chi connectivity index (χ0n) is 10.2. The van der Waals surface area contributed by atoms with E-state index in [1.54, 1.807) is 12.2 Å². The molecule has 1 heteroatoms. The second-order valence-corrected chi connectivity index (χ2v) is 3.13. The van der Waals surface area contributed by atoms with Crippen LogP contribution in [-0.4, -0.2) is 0 Å². The van der Waals surface area contributed by atoms with E-state index in [0.29, 0.717) is 5.57 Å². The first kappa shape index (κ1) is 15.9. The van der Waals surface area contributed by atoms with E-state index < -0.39 is 0 Å². The summed E-state index contributed by atoms with van der Waals surface area (Å²) in [6, 6.07) is 2.06. The Morgan fingerprint density at radius 3 is 2.07 bits per heavy atom. The third-order valence-electron chi connectivity index (χ3n) is 1.21. The summed E-state index contributed by atoms with van der Waals surface area (Å²) in [5.41, 5.74) is 1.67. The van der Waals surface area contributed by atoms with Gasteiger partial charge < -0.3 is 0 Å². The Kier molecular flexibility index (Phi) is 13.2. The lowest BCUT2D eigenvalue weighted by Crippen LogP contribution is -1.67. The SMILES string of the molecule is C=C(C)/C=C/C=C/C(C#N)=C/C.CCC. The predicted octanol–water partition coefficient (Wildman–Crippen LogP) is 4.56. The second kappa shape index (κ2) is 12.4. The van der Waals surface area contributed by atoms with Crippen LogP contribution in [0.5, 0.6) is 0 Å². The van der Waals surface area contributed by atoms with E-state index in [0.717, 1.165) is 5.57 Å². The number of nitriles is 1. The maximum Gasteiger partial charge on any atom is 0.0988 e. The van der Waals surface area contributed by atoms with Crippen LogP contribution in [0.4, 0.5) is 0 Å². The van der Waals surface area contributed by atoms with Gasteiger partial charge in [-0.15, -0.1) is 0 Å². The minimum Gasteiger partial charge on any atom is -0.192 e. The molecule has 0 saturated heterocycles. The van der Waals surface area contributed by atoms with Crippen molar-refractivity contribution < 1.29 is 0 Å².